The van der Waals surface area contributed by atoms with Crippen LogP contribution in [-0.4, -0.2) is 16.7 Å². The van der Waals surface area contributed by atoms with Crippen molar-refractivity contribution < 1.29 is 5.11 Å². The molecule has 0 spiro atoms. The summed E-state index contributed by atoms with van der Waals surface area (Å²) in [6, 6.07) is 12.3. The first-order valence-electron chi connectivity index (χ1n) is 6.65. The maximum absolute atomic E-state index is 9.51. The lowest BCUT2D eigenvalue weighted by Crippen LogP contribution is -2.24. The van der Waals surface area contributed by atoms with Crippen LogP contribution in [-0.2, 0) is 13.0 Å². The number of nitrogens with one attached hydrogen (secondary N) is 1. The van der Waals surface area contributed by atoms with Crippen molar-refractivity contribution >= 4 is 0 Å². The minimum absolute atomic E-state index is 0.0360. The average molecular weight is 256 g/mol. The van der Waals surface area contributed by atoms with Crippen LogP contribution in [0, 0.1) is 0 Å². The van der Waals surface area contributed by atoms with E-state index < -0.39 is 0 Å². The van der Waals surface area contributed by atoms with E-state index in [-0.39, 0.29) is 12.6 Å². The van der Waals surface area contributed by atoms with Crippen molar-refractivity contribution in [2.24, 2.45) is 0 Å². The van der Waals surface area contributed by atoms with Crippen LogP contribution in [0.15, 0.2) is 48.8 Å². The number of aliphatic hydroxyl groups is 1. The second-order valence-electron chi connectivity index (χ2n) is 4.57. The highest BCUT2D eigenvalue weighted by atomic mass is 16.3. The van der Waals surface area contributed by atoms with Gasteiger partial charge in [-0.1, -0.05) is 37.3 Å². The zero-order valence-corrected chi connectivity index (χ0v) is 11.2. The van der Waals surface area contributed by atoms with Gasteiger partial charge in [0.2, 0.25) is 0 Å². The van der Waals surface area contributed by atoms with Gasteiger partial charge in [-0.25, -0.2) is 0 Å². The third-order valence-electron chi connectivity index (χ3n) is 3.25. The Morgan fingerprint density at radius 2 is 1.95 bits per heavy atom. The number of rotatable bonds is 6. The topological polar surface area (TPSA) is 45.1 Å². The molecule has 1 aromatic heterocycles. The Labute approximate surface area is 114 Å². The van der Waals surface area contributed by atoms with Gasteiger partial charge in [-0.3, -0.25) is 4.98 Å². The van der Waals surface area contributed by atoms with E-state index in [4.69, 9.17) is 0 Å². The van der Waals surface area contributed by atoms with Gasteiger partial charge in [-0.15, -0.1) is 0 Å². The number of hydrogen-bond acceptors (Lipinski definition) is 3. The summed E-state index contributed by atoms with van der Waals surface area (Å²) >= 11 is 0. The summed E-state index contributed by atoms with van der Waals surface area (Å²) in [5.74, 6) is 0. The van der Waals surface area contributed by atoms with Gasteiger partial charge in [-0.2, -0.15) is 0 Å². The van der Waals surface area contributed by atoms with Crippen LogP contribution in [0.4, 0.5) is 0 Å². The summed E-state index contributed by atoms with van der Waals surface area (Å²) in [4.78, 5) is 4.08. The number of aliphatic hydroxyl groups excluding tert-OH is 1. The maximum atomic E-state index is 9.51. The lowest BCUT2D eigenvalue weighted by Gasteiger charge is -2.17. The molecule has 1 aromatic carbocycles. The Morgan fingerprint density at radius 1 is 1.16 bits per heavy atom. The predicted molar refractivity (Wildman–Crippen MR) is 76.7 cm³/mol. The Morgan fingerprint density at radius 3 is 2.53 bits per heavy atom. The third-order valence-corrected chi connectivity index (χ3v) is 3.25. The summed E-state index contributed by atoms with van der Waals surface area (Å²) < 4.78 is 0. The normalized spacial score (nSPS) is 12.3. The number of aryl methyl sites for hydroxylation is 1. The van der Waals surface area contributed by atoms with Crippen LogP contribution in [0.25, 0.3) is 0 Å². The lowest BCUT2D eigenvalue weighted by atomic mass is 10.0. The zero-order chi connectivity index (χ0) is 13.5. The number of aromatic nitrogens is 1. The highest BCUT2D eigenvalue weighted by Gasteiger charge is 2.09. The Kier molecular flexibility index (Phi) is 5.07. The van der Waals surface area contributed by atoms with E-state index in [9.17, 15) is 5.11 Å². The molecule has 2 rings (SSSR count). The van der Waals surface area contributed by atoms with Crippen molar-refractivity contribution in [3.63, 3.8) is 0 Å². The smallest absolute Gasteiger partial charge is 0.0626 e. The van der Waals surface area contributed by atoms with Crippen molar-refractivity contribution in [3.05, 3.63) is 65.5 Å². The highest BCUT2D eigenvalue weighted by Crippen LogP contribution is 2.14. The quantitative estimate of drug-likeness (QED) is 0.834. The van der Waals surface area contributed by atoms with Crippen LogP contribution in [0.5, 0.6) is 0 Å². The van der Waals surface area contributed by atoms with Crippen LogP contribution in [0.2, 0.25) is 0 Å². The zero-order valence-electron chi connectivity index (χ0n) is 11.2. The van der Waals surface area contributed by atoms with E-state index in [0.717, 1.165) is 17.5 Å². The van der Waals surface area contributed by atoms with Gasteiger partial charge in [0.1, 0.15) is 0 Å². The minimum atomic E-state index is -0.0360. The molecule has 1 unspecified atom stereocenters. The van der Waals surface area contributed by atoms with Crippen LogP contribution in [0.3, 0.4) is 0 Å². The molecule has 1 atom stereocenters. The van der Waals surface area contributed by atoms with Crippen molar-refractivity contribution in [1.82, 2.24) is 10.3 Å². The van der Waals surface area contributed by atoms with Crippen LogP contribution >= 0.6 is 0 Å². The molecular formula is C16H20N2O. The van der Waals surface area contributed by atoms with E-state index in [0.29, 0.717) is 6.54 Å². The van der Waals surface area contributed by atoms with Crippen molar-refractivity contribution in [2.75, 3.05) is 6.61 Å². The number of pyridine rings is 1. The van der Waals surface area contributed by atoms with Gasteiger partial charge in [-0.05, 0) is 29.2 Å². The summed E-state index contributed by atoms with van der Waals surface area (Å²) in [6.45, 7) is 2.93. The number of benzene rings is 1. The van der Waals surface area contributed by atoms with Gasteiger partial charge < -0.3 is 10.4 Å². The van der Waals surface area contributed by atoms with E-state index >= 15 is 0 Å². The summed E-state index contributed by atoms with van der Waals surface area (Å²) in [5, 5.41) is 12.9. The molecule has 0 aliphatic rings. The van der Waals surface area contributed by atoms with E-state index in [2.05, 4.69) is 41.5 Å². The first kappa shape index (κ1) is 13.7. The standard InChI is InChI=1S/C16H20N2O/c1-2-13-5-7-15(8-6-13)16(12-19)18-11-14-4-3-9-17-10-14/h3-10,16,18-19H,2,11-12H2,1H3. The van der Waals surface area contributed by atoms with Gasteiger partial charge in [0, 0.05) is 18.9 Å². The molecule has 19 heavy (non-hydrogen) atoms. The van der Waals surface area contributed by atoms with Crippen LogP contribution < -0.4 is 5.32 Å². The first-order chi connectivity index (χ1) is 9.33. The largest absolute Gasteiger partial charge is 0.394 e. The SMILES string of the molecule is CCc1ccc(C(CO)NCc2cccnc2)cc1. The predicted octanol–water partition coefficient (Wildman–Crippen LogP) is 2.47. The lowest BCUT2D eigenvalue weighted by molar-refractivity contribution is 0.243. The van der Waals surface area contributed by atoms with Crippen molar-refractivity contribution in [1.29, 1.82) is 0 Å². The molecule has 3 heteroatoms. The summed E-state index contributed by atoms with van der Waals surface area (Å²) in [6.07, 6.45) is 4.63. The minimum Gasteiger partial charge on any atom is -0.394 e. The second-order valence-corrected chi connectivity index (χ2v) is 4.57. The molecule has 0 aliphatic carbocycles. The molecule has 2 aromatic rings. The van der Waals surface area contributed by atoms with E-state index in [1.54, 1.807) is 6.20 Å². The molecule has 0 radical (unpaired) electrons. The van der Waals surface area contributed by atoms with E-state index in [1.807, 2.05) is 18.3 Å². The molecule has 3 nitrogen and oxygen atoms in total. The molecule has 100 valence electrons. The summed E-state index contributed by atoms with van der Waals surface area (Å²) in [5.41, 5.74) is 3.54. The van der Waals surface area contributed by atoms with Gasteiger partial charge in [0.05, 0.1) is 12.6 Å². The fourth-order valence-corrected chi connectivity index (χ4v) is 2.02. The molecule has 0 fully saturated rings. The number of nitrogens with zero attached hydrogens (tertiary/aromatic N) is 1. The van der Waals surface area contributed by atoms with Crippen molar-refractivity contribution in [3.8, 4) is 0 Å². The Balaban J connectivity index is 1.99. The van der Waals surface area contributed by atoms with Crippen LogP contribution in [0.1, 0.15) is 29.7 Å². The first-order valence-corrected chi connectivity index (χ1v) is 6.65. The molecular weight excluding hydrogens is 236 g/mol. The van der Waals surface area contributed by atoms with Crippen molar-refractivity contribution in [2.45, 2.75) is 25.9 Å². The van der Waals surface area contributed by atoms with E-state index in [1.165, 1.54) is 5.56 Å². The summed E-state index contributed by atoms with van der Waals surface area (Å²) in [7, 11) is 0. The molecule has 0 saturated heterocycles. The number of hydrogen-bond donors (Lipinski definition) is 2. The second kappa shape index (κ2) is 7.02. The Hall–Kier alpha value is -1.71. The van der Waals surface area contributed by atoms with Gasteiger partial charge >= 0.3 is 0 Å². The maximum Gasteiger partial charge on any atom is 0.0626 e. The van der Waals surface area contributed by atoms with Gasteiger partial charge in [0.15, 0.2) is 0 Å². The molecule has 0 saturated carbocycles. The fourth-order valence-electron chi connectivity index (χ4n) is 2.02. The molecule has 0 aliphatic heterocycles. The Bertz CT molecular complexity index is 482. The van der Waals surface area contributed by atoms with Gasteiger partial charge in [0.25, 0.3) is 0 Å². The molecule has 0 amide bonds. The monoisotopic (exact) mass is 256 g/mol. The average Bonchev–Trinajstić information content (AvgIpc) is 2.49. The highest BCUT2D eigenvalue weighted by molar-refractivity contribution is 5.25. The third kappa shape index (κ3) is 3.88. The molecule has 2 N–H and O–H groups in total. The molecule has 0 bridgehead atoms. The molecule has 1 heterocycles. The fraction of sp³-hybridized carbons (Fsp3) is 0.312.